The topological polar surface area (TPSA) is 35.2 Å². The lowest BCUT2D eigenvalue weighted by atomic mass is 9.94. The number of hydrogen-bond acceptors (Lipinski definition) is 2. The molecule has 0 aliphatic rings. The van der Waals surface area contributed by atoms with Crippen molar-refractivity contribution in [2.75, 3.05) is 7.11 Å². The number of halogens is 1. The van der Waals surface area contributed by atoms with Crippen LogP contribution in [-0.4, -0.2) is 7.11 Å². The van der Waals surface area contributed by atoms with E-state index in [0.29, 0.717) is 0 Å². The van der Waals surface area contributed by atoms with Crippen LogP contribution in [-0.2, 0) is 6.42 Å². The van der Waals surface area contributed by atoms with E-state index in [2.05, 4.69) is 47.1 Å². The SMILES string of the molecule is COc1cc(C)c(C(N)Cc2ccc(Br)cc2)cc1C. The molecule has 2 rings (SSSR count). The van der Waals surface area contributed by atoms with Gasteiger partial charge in [-0.25, -0.2) is 0 Å². The fourth-order valence-electron chi connectivity index (χ4n) is 2.42. The molecule has 0 spiro atoms. The van der Waals surface area contributed by atoms with Crippen molar-refractivity contribution in [3.8, 4) is 5.75 Å². The molecular weight excluding hydrogens is 314 g/mol. The van der Waals surface area contributed by atoms with Crippen molar-refractivity contribution >= 4 is 15.9 Å². The maximum absolute atomic E-state index is 6.37. The summed E-state index contributed by atoms with van der Waals surface area (Å²) in [5.74, 6) is 0.919. The zero-order chi connectivity index (χ0) is 14.7. The molecule has 0 heterocycles. The molecule has 2 nitrogen and oxygen atoms in total. The van der Waals surface area contributed by atoms with Gasteiger partial charge < -0.3 is 10.5 Å². The standard InChI is InChI=1S/C17H20BrNO/c1-11-9-17(20-3)12(2)8-15(11)16(19)10-13-4-6-14(18)7-5-13/h4-9,16H,10,19H2,1-3H3. The average Bonchev–Trinajstić information content (AvgIpc) is 2.43. The Balaban J connectivity index is 2.22. The number of aryl methyl sites for hydroxylation is 2. The first-order valence-electron chi connectivity index (χ1n) is 6.66. The normalized spacial score (nSPS) is 12.2. The van der Waals surface area contributed by atoms with Gasteiger partial charge in [-0.2, -0.15) is 0 Å². The van der Waals surface area contributed by atoms with E-state index in [-0.39, 0.29) is 6.04 Å². The molecule has 0 amide bonds. The van der Waals surface area contributed by atoms with Crippen LogP contribution in [0.4, 0.5) is 0 Å². The summed E-state index contributed by atoms with van der Waals surface area (Å²) in [5.41, 5.74) is 11.1. The highest BCUT2D eigenvalue weighted by atomic mass is 79.9. The van der Waals surface area contributed by atoms with Gasteiger partial charge in [0.05, 0.1) is 7.11 Å². The fourth-order valence-corrected chi connectivity index (χ4v) is 2.68. The zero-order valence-corrected chi connectivity index (χ0v) is 13.7. The van der Waals surface area contributed by atoms with Crippen LogP contribution < -0.4 is 10.5 Å². The highest BCUT2D eigenvalue weighted by Crippen LogP contribution is 2.27. The van der Waals surface area contributed by atoms with Crippen LogP contribution in [0.1, 0.15) is 28.3 Å². The summed E-state index contributed by atoms with van der Waals surface area (Å²) < 4.78 is 6.44. The summed E-state index contributed by atoms with van der Waals surface area (Å²) in [6, 6.07) is 12.5. The molecule has 2 aromatic rings. The third kappa shape index (κ3) is 3.41. The molecule has 0 fully saturated rings. The quantitative estimate of drug-likeness (QED) is 0.904. The van der Waals surface area contributed by atoms with Crippen molar-refractivity contribution in [2.45, 2.75) is 26.3 Å². The summed E-state index contributed by atoms with van der Waals surface area (Å²) in [4.78, 5) is 0. The summed E-state index contributed by atoms with van der Waals surface area (Å²) in [7, 11) is 1.70. The summed E-state index contributed by atoms with van der Waals surface area (Å²) >= 11 is 3.45. The lowest BCUT2D eigenvalue weighted by Crippen LogP contribution is -2.15. The van der Waals surface area contributed by atoms with Crippen LogP contribution >= 0.6 is 15.9 Å². The molecule has 2 aromatic carbocycles. The summed E-state index contributed by atoms with van der Waals surface area (Å²) in [5, 5.41) is 0. The molecule has 1 atom stereocenters. The Kier molecular flexibility index (Phi) is 4.84. The lowest BCUT2D eigenvalue weighted by molar-refractivity contribution is 0.411. The van der Waals surface area contributed by atoms with Crippen LogP contribution in [0.25, 0.3) is 0 Å². The van der Waals surface area contributed by atoms with Gasteiger partial charge in [0.2, 0.25) is 0 Å². The Morgan fingerprint density at radius 2 is 1.75 bits per heavy atom. The lowest BCUT2D eigenvalue weighted by Gasteiger charge is -2.17. The number of hydrogen-bond donors (Lipinski definition) is 1. The molecule has 106 valence electrons. The van der Waals surface area contributed by atoms with Gasteiger partial charge in [-0.1, -0.05) is 34.1 Å². The van der Waals surface area contributed by atoms with Crippen molar-refractivity contribution in [3.63, 3.8) is 0 Å². The van der Waals surface area contributed by atoms with Crippen molar-refractivity contribution in [1.29, 1.82) is 0 Å². The first kappa shape index (κ1) is 15.1. The Bertz CT molecular complexity index is 593. The molecule has 3 heteroatoms. The van der Waals surface area contributed by atoms with Crippen molar-refractivity contribution in [3.05, 3.63) is 63.1 Å². The largest absolute Gasteiger partial charge is 0.496 e. The average molecular weight is 334 g/mol. The first-order chi connectivity index (χ1) is 9.51. The minimum atomic E-state index is 0.000724. The Morgan fingerprint density at radius 1 is 1.10 bits per heavy atom. The molecular formula is C17H20BrNO. The molecule has 2 N–H and O–H groups in total. The fraction of sp³-hybridized carbons (Fsp3) is 0.294. The molecule has 1 unspecified atom stereocenters. The maximum Gasteiger partial charge on any atom is 0.122 e. The molecule has 0 aliphatic carbocycles. The number of methoxy groups -OCH3 is 1. The minimum absolute atomic E-state index is 0.000724. The Labute approximate surface area is 129 Å². The van der Waals surface area contributed by atoms with Crippen molar-refractivity contribution < 1.29 is 4.74 Å². The second kappa shape index (κ2) is 6.42. The third-order valence-corrected chi connectivity index (χ3v) is 4.08. The van der Waals surface area contributed by atoms with Crippen LogP contribution in [0.15, 0.2) is 40.9 Å². The van der Waals surface area contributed by atoms with Gasteiger partial charge in [-0.05, 0) is 60.7 Å². The monoisotopic (exact) mass is 333 g/mol. The highest BCUT2D eigenvalue weighted by Gasteiger charge is 2.12. The molecule has 0 radical (unpaired) electrons. The third-order valence-electron chi connectivity index (χ3n) is 3.55. The number of ether oxygens (including phenoxy) is 1. The van der Waals surface area contributed by atoms with Crippen LogP contribution in [0.5, 0.6) is 5.75 Å². The second-order valence-electron chi connectivity index (χ2n) is 5.12. The van der Waals surface area contributed by atoms with Gasteiger partial charge >= 0.3 is 0 Å². The first-order valence-corrected chi connectivity index (χ1v) is 7.45. The van der Waals surface area contributed by atoms with Gasteiger partial charge in [-0.15, -0.1) is 0 Å². The number of nitrogens with two attached hydrogens (primary N) is 1. The van der Waals surface area contributed by atoms with E-state index >= 15 is 0 Å². The van der Waals surface area contributed by atoms with Crippen molar-refractivity contribution in [2.24, 2.45) is 5.73 Å². The van der Waals surface area contributed by atoms with E-state index in [9.17, 15) is 0 Å². The van der Waals surface area contributed by atoms with Gasteiger partial charge in [-0.3, -0.25) is 0 Å². The molecule has 0 bridgehead atoms. The highest BCUT2D eigenvalue weighted by molar-refractivity contribution is 9.10. The van der Waals surface area contributed by atoms with Gasteiger partial charge in [0.1, 0.15) is 5.75 Å². The molecule has 0 saturated carbocycles. The molecule has 20 heavy (non-hydrogen) atoms. The van der Waals surface area contributed by atoms with Crippen molar-refractivity contribution in [1.82, 2.24) is 0 Å². The summed E-state index contributed by atoms with van der Waals surface area (Å²) in [6.45, 7) is 4.13. The Morgan fingerprint density at radius 3 is 2.35 bits per heavy atom. The molecule has 0 aromatic heterocycles. The zero-order valence-electron chi connectivity index (χ0n) is 12.1. The number of rotatable bonds is 4. The minimum Gasteiger partial charge on any atom is -0.496 e. The maximum atomic E-state index is 6.37. The van der Waals surface area contributed by atoms with Crippen LogP contribution in [0.2, 0.25) is 0 Å². The smallest absolute Gasteiger partial charge is 0.122 e. The van der Waals surface area contributed by atoms with E-state index in [1.165, 1.54) is 16.7 Å². The predicted octanol–water partition coefficient (Wildman–Crippen LogP) is 4.32. The van der Waals surface area contributed by atoms with E-state index < -0.39 is 0 Å². The van der Waals surface area contributed by atoms with E-state index in [1.807, 2.05) is 19.1 Å². The van der Waals surface area contributed by atoms with Crippen LogP contribution in [0.3, 0.4) is 0 Å². The summed E-state index contributed by atoms with van der Waals surface area (Å²) in [6.07, 6.45) is 0.833. The van der Waals surface area contributed by atoms with E-state index in [4.69, 9.17) is 10.5 Å². The molecule has 0 saturated heterocycles. The van der Waals surface area contributed by atoms with Gasteiger partial charge in [0.25, 0.3) is 0 Å². The van der Waals surface area contributed by atoms with E-state index in [0.717, 1.165) is 22.2 Å². The van der Waals surface area contributed by atoms with Gasteiger partial charge in [0, 0.05) is 10.5 Å². The van der Waals surface area contributed by atoms with Gasteiger partial charge in [0.15, 0.2) is 0 Å². The number of benzene rings is 2. The van der Waals surface area contributed by atoms with Crippen LogP contribution in [0, 0.1) is 13.8 Å². The molecule has 0 aliphatic heterocycles. The second-order valence-corrected chi connectivity index (χ2v) is 6.03. The Hall–Kier alpha value is -1.32. The van der Waals surface area contributed by atoms with E-state index in [1.54, 1.807) is 7.11 Å². The predicted molar refractivity (Wildman–Crippen MR) is 87.2 cm³/mol.